The van der Waals surface area contributed by atoms with E-state index in [1.165, 1.54) is 6.20 Å². The lowest BCUT2D eigenvalue weighted by Crippen LogP contribution is -2.27. The van der Waals surface area contributed by atoms with E-state index >= 15 is 0 Å². The fourth-order valence-corrected chi connectivity index (χ4v) is 1.30. The van der Waals surface area contributed by atoms with Crippen molar-refractivity contribution in [3.05, 3.63) is 35.9 Å². The van der Waals surface area contributed by atoms with Crippen LogP contribution in [0, 0.1) is 0 Å². The molecular formula is C8H6ClN2O+. The summed E-state index contributed by atoms with van der Waals surface area (Å²) in [6, 6.07) is 3.50. The Morgan fingerprint density at radius 2 is 2.25 bits per heavy atom. The predicted octanol–water partition coefficient (Wildman–Crippen LogP) is 1.41. The van der Waals surface area contributed by atoms with Crippen LogP contribution in [0.4, 0.5) is 0 Å². The van der Waals surface area contributed by atoms with Gasteiger partial charge >= 0.3 is 0 Å². The van der Waals surface area contributed by atoms with Crippen molar-refractivity contribution in [3.8, 4) is 0 Å². The number of hydrogen-bond acceptors (Lipinski definition) is 2. The monoisotopic (exact) mass is 181 g/mol. The van der Waals surface area contributed by atoms with Crippen molar-refractivity contribution < 1.29 is 9.94 Å². The van der Waals surface area contributed by atoms with Gasteiger partial charge < -0.3 is 0 Å². The number of hydrogen-bond donors (Lipinski definition) is 1. The molecule has 4 heteroatoms. The molecule has 0 aliphatic rings. The summed E-state index contributed by atoms with van der Waals surface area (Å²) < 4.78 is 0.985. The minimum absolute atomic E-state index is 0.452. The van der Waals surface area contributed by atoms with E-state index < -0.39 is 0 Å². The SMILES string of the molecule is O[n+]1ccc2c(Cl)nccc2c1. The highest BCUT2D eigenvalue weighted by Crippen LogP contribution is 2.17. The van der Waals surface area contributed by atoms with Crippen molar-refractivity contribution in [2.24, 2.45) is 0 Å². The molecule has 0 fully saturated rings. The van der Waals surface area contributed by atoms with E-state index in [-0.39, 0.29) is 0 Å². The van der Waals surface area contributed by atoms with Crippen LogP contribution in [0.15, 0.2) is 30.7 Å². The zero-order valence-electron chi connectivity index (χ0n) is 6.11. The molecule has 2 rings (SSSR count). The number of rotatable bonds is 0. The van der Waals surface area contributed by atoms with E-state index in [1.807, 2.05) is 0 Å². The lowest BCUT2D eigenvalue weighted by molar-refractivity contribution is -0.903. The number of halogens is 1. The van der Waals surface area contributed by atoms with Crippen LogP contribution in [0.3, 0.4) is 0 Å². The molecule has 2 heterocycles. The normalized spacial score (nSPS) is 10.4. The molecule has 0 radical (unpaired) electrons. The van der Waals surface area contributed by atoms with Crippen molar-refractivity contribution in [3.63, 3.8) is 0 Å². The highest BCUT2D eigenvalue weighted by atomic mass is 35.5. The highest BCUT2D eigenvalue weighted by molar-refractivity contribution is 6.34. The van der Waals surface area contributed by atoms with Gasteiger partial charge in [0.25, 0.3) is 0 Å². The Kier molecular flexibility index (Phi) is 1.59. The number of fused-ring (bicyclic) bond motifs is 1. The number of pyridine rings is 2. The molecule has 0 spiro atoms. The van der Waals surface area contributed by atoms with E-state index in [2.05, 4.69) is 4.98 Å². The van der Waals surface area contributed by atoms with Crippen LogP contribution in [0.5, 0.6) is 0 Å². The van der Waals surface area contributed by atoms with Gasteiger partial charge in [-0.05, 0) is 6.07 Å². The Morgan fingerprint density at radius 3 is 3.08 bits per heavy atom. The minimum Gasteiger partial charge on any atom is -0.285 e. The van der Waals surface area contributed by atoms with Gasteiger partial charge in [-0.3, -0.25) is 5.21 Å². The largest absolute Gasteiger partial charge is 0.285 e. The maximum absolute atomic E-state index is 9.07. The molecule has 0 amide bonds. The summed E-state index contributed by atoms with van der Waals surface area (Å²) in [5.41, 5.74) is 0. The predicted molar refractivity (Wildman–Crippen MR) is 44.1 cm³/mol. The summed E-state index contributed by atoms with van der Waals surface area (Å²) in [5, 5.41) is 11.2. The van der Waals surface area contributed by atoms with Crippen molar-refractivity contribution in [2.45, 2.75) is 0 Å². The Morgan fingerprint density at radius 1 is 1.42 bits per heavy atom. The summed E-state index contributed by atoms with van der Waals surface area (Å²) in [4.78, 5) is 3.91. The van der Waals surface area contributed by atoms with E-state index in [0.29, 0.717) is 5.15 Å². The van der Waals surface area contributed by atoms with Gasteiger partial charge in [0.05, 0.1) is 5.39 Å². The van der Waals surface area contributed by atoms with Gasteiger partial charge in [0, 0.05) is 22.4 Å². The summed E-state index contributed by atoms with van der Waals surface area (Å²) >= 11 is 5.81. The fraction of sp³-hybridized carbons (Fsp3) is 0. The molecule has 0 aliphatic heterocycles. The second-order valence-corrected chi connectivity index (χ2v) is 2.79. The van der Waals surface area contributed by atoms with Crippen LogP contribution >= 0.6 is 11.6 Å². The summed E-state index contributed by atoms with van der Waals surface area (Å²) in [7, 11) is 0. The van der Waals surface area contributed by atoms with Gasteiger partial charge in [0.15, 0.2) is 0 Å². The quantitative estimate of drug-likeness (QED) is 0.379. The summed E-state index contributed by atoms with van der Waals surface area (Å²) in [6.45, 7) is 0. The minimum atomic E-state index is 0.452. The average Bonchev–Trinajstić information content (AvgIpc) is 2.04. The van der Waals surface area contributed by atoms with Crippen LogP contribution in [-0.2, 0) is 0 Å². The van der Waals surface area contributed by atoms with Crippen molar-refractivity contribution in [1.82, 2.24) is 4.98 Å². The van der Waals surface area contributed by atoms with Gasteiger partial charge in [0.1, 0.15) is 5.15 Å². The number of nitrogens with zero attached hydrogens (tertiary/aromatic N) is 2. The molecule has 2 aromatic rings. The molecule has 12 heavy (non-hydrogen) atoms. The van der Waals surface area contributed by atoms with Gasteiger partial charge in [-0.15, -0.1) is 0 Å². The van der Waals surface area contributed by atoms with E-state index in [9.17, 15) is 0 Å². The first kappa shape index (κ1) is 7.31. The van der Waals surface area contributed by atoms with Crippen LogP contribution in [0.1, 0.15) is 0 Å². The van der Waals surface area contributed by atoms with Gasteiger partial charge in [-0.2, -0.15) is 0 Å². The molecule has 2 aromatic heterocycles. The third kappa shape index (κ3) is 1.08. The summed E-state index contributed by atoms with van der Waals surface area (Å²) in [6.07, 6.45) is 4.68. The molecule has 0 aromatic carbocycles. The van der Waals surface area contributed by atoms with Crippen LogP contribution in [0.25, 0.3) is 10.8 Å². The summed E-state index contributed by atoms with van der Waals surface area (Å²) in [5.74, 6) is 0. The lowest BCUT2D eigenvalue weighted by Gasteiger charge is -1.94. The van der Waals surface area contributed by atoms with Gasteiger partial charge in [-0.25, -0.2) is 4.98 Å². The molecule has 60 valence electrons. The molecule has 0 atom stereocenters. The maximum Gasteiger partial charge on any atom is 0.230 e. The standard InChI is InChI=1S/C8H6ClN2O/c9-8-7-2-4-11(12)5-6(7)1-3-10-8/h1-5,12H/q+1. The first-order valence-corrected chi connectivity index (χ1v) is 3.80. The van der Waals surface area contributed by atoms with Crippen molar-refractivity contribution in [2.75, 3.05) is 0 Å². The van der Waals surface area contributed by atoms with Gasteiger partial charge in [0.2, 0.25) is 12.4 Å². The Hall–Kier alpha value is -1.35. The molecule has 0 bridgehead atoms. The first-order chi connectivity index (χ1) is 5.77. The molecule has 0 aliphatic carbocycles. The average molecular weight is 182 g/mol. The third-order valence-corrected chi connectivity index (χ3v) is 1.94. The Labute approximate surface area is 73.8 Å². The Bertz CT molecular complexity index is 430. The molecule has 0 saturated heterocycles. The first-order valence-electron chi connectivity index (χ1n) is 3.42. The van der Waals surface area contributed by atoms with E-state index in [0.717, 1.165) is 15.5 Å². The molecule has 0 saturated carbocycles. The van der Waals surface area contributed by atoms with Crippen LogP contribution in [0.2, 0.25) is 5.15 Å². The van der Waals surface area contributed by atoms with Crippen LogP contribution < -0.4 is 4.73 Å². The lowest BCUT2D eigenvalue weighted by atomic mass is 10.2. The second-order valence-electron chi connectivity index (χ2n) is 2.43. The zero-order valence-corrected chi connectivity index (χ0v) is 6.86. The topological polar surface area (TPSA) is 37.0 Å². The highest BCUT2D eigenvalue weighted by Gasteiger charge is 2.03. The maximum atomic E-state index is 9.07. The van der Waals surface area contributed by atoms with Crippen molar-refractivity contribution in [1.29, 1.82) is 0 Å². The van der Waals surface area contributed by atoms with E-state index in [1.54, 1.807) is 24.5 Å². The molecule has 0 unspecified atom stereocenters. The molecular weight excluding hydrogens is 176 g/mol. The number of aromatic nitrogens is 2. The fourth-order valence-electron chi connectivity index (χ4n) is 1.08. The van der Waals surface area contributed by atoms with Crippen molar-refractivity contribution >= 4 is 22.4 Å². The van der Waals surface area contributed by atoms with E-state index in [4.69, 9.17) is 16.8 Å². The Balaban J connectivity index is 2.86. The van der Waals surface area contributed by atoms with Gasteiger partial charge in [-0.1, -0.05) is 11.6 Å². The molecule has 1 N–H and O–H groups in total. The second kappa shape index (κ2) is 2.60. The van der Waals surface area contributed by atoms with Crippen LogP contribution in [-0.4, -0.2) is 10.2 Å². The third-order valence-electron chi connectivity index (χ3n) is 1.64. The molecule has 3 nitrogen and oxygen atoms in total. The smallest absolute Gasteiger partial charge is 0.230 e. The zero-order chi connectivity index (χ0) is 8.55.